The fourth-order valence-electron chi connectivity index (χ4n) is 1.99. The molecule has 0 spiro atoms. The van der Waals surface area contributed by atoms with E-state index in [0.29, 0.717) is 12.8 Å². The van der Waals surface area contributed by atoms with Gasteiger partial charge in [0.05, 0.1) is 5.71 Å². The number of amides is 1. The van der Waals surface area contributed by atoms with Crippen LogP contribution in [0.15, 0.2) is 48.1 Å². The van der Waals surface area contributed by atoms with E-state index in [1.807, 2.05) is 24.3 Å². The second-order valence-corrected chi connectivity index (χ2v) is 4.30. The van der Waals surface area contributed by atoms with Crippen LogP contribution in [0.4, 0.5) is 0 Å². The third-order valence-corrected chi connectivity index (χ3v) is 3.02. The minimum Gasteiger partial charge on any atom is -0.273 e. The Labute approximate surface area is 110 Å². The number of hydrogen-bond acceptors (Lipinski definition) is 4. The van der Waals surface area contributed by atoms with E-state index in [4.69, 9.17) is 0 Å². The first-order valence-electron chi connectivity index (χ1n) is 6.04. The highest BCUT2D eigenvalue weighted by molar-refractivity contribution is 6.04. The first-order valence-corrected chi connectivity index (χ1v) is 6.04. The Balaban J connectivity index is 1.85. The Morgan fingerprint density at radius 2 is 1.58 bits per heavy atom. The van der Waals surface area contributed by atoms with Crippen molar-refractivity contribution >= 4 is 11.6 Å². The Bertz CT molecular complexity index is 620. The molecule has 0 saturated heterocycles. The molecule has 0 fully saturated rings. The van der Waals surface area contributed by atoms with Crippen LogP contribution in [0.5, 0.6) is 0 Å². The summed E-state index contributed by atoms with van der Waals surface area (Å²) in [6, 6.07) is 8.01. The number of carbonyl (C=O) groups excluding carboxylic acids is 1. The maximum Gasteiger partial charge on any atom is 0.240 e. The highest BCUT2D eigenvalue weighted by Crippen LogP contribution is 2.19. The fraction of sp³-hybridized carbons (Fsp3) is 0.143. The lowest BCUT2D eigenvalue weighted by Gasteiger charge is -2.12. The molecule has 1 aliphatic rings. The summed E-state index contributed by atoms with van der Waals surface area (Å²) in [7, 11) is 0. The third-order valence-electron chi connectivity index (χ3n) is 3.02. The molecule has 1 N–H and O–H groups in total. The second-order valence-electron chi connectivity index (χ2n) is 4.30. The van der Waals surface area contributed by atoms with E-state index in [2.05, 4.69) is 20.5 Å². The van der Waals surface area contributed by atoms with Gasteiger partial charge in [-0.2, -0.15) is 5.10 Å². The lowest BCUT2D eigenvalue weighted by atomic mass is 10.0. The molecule has 1 aliphatic heterocycles. The van der Waals surface area contributed by atoms with Crippen molar-refractivity contribution < 1.29 is 4.79 Å². The van der Waals surface area contributed by atoms with Crippen LogP contribution in [-0.2, 0) is 4.79 Å². The monoisotopic (exact) mass is 252 g/mol. The van der Waals surface area contributed by atoms with E-state index in [9.17, 15) is 4.79 Å². The molecule has 0 radical (unpaired) electrons. The summed E-state index contributed by atoms with van der Waals surface area (Å²) >= 11 is 0. The van der Waals surface area contributed by atoms with Gasteiger partial charge in [0.2, 0.25) is 5.91 Å². The Morgan fingerprint density at radius 1 is 0.895 bits per heavy atom. The molecule has 0 aliphatic carbocycles. The normalized spacial score (nSPS) is 14.7. The zero-order chi connectivity index (χ0) is 13.1. The minimum absolute atomic E-state index is 0.0261. The average molecular weight is 252 g/mol. The van der Waals surface area contributed by atoms with Crippen LogP contribution in [0, 0.1) is 0 Å². The van der Waals surface area contributed by atoms with Crippen LogP contribution in [0.3, 0.4) is 0 Å². The molecule has 19 heavy (non-hydrogen) atoms. The topological polar surface area (TPSA) is 67.2 Å². The number of hydrogen-bond donors (Lipinski definition) is 1. The third kappa shape index (κ3) is 2.49. The van der Waals surface area contributed by atoms with E-state index < -0.39 is 0 Å². The first-order chi connectivity index (χ1) is 9.33. The number of rotatable bonds is 2. The van der Waals surface area contributed by atoms with Crippen LogP contribution in [-0.4, -0.2) is 21.6 Å². The summed E-state index contributed by atoms with van der Waals surface area (Å²) in [6.45, 7) is 0. The quantitative estimate of drug-likeness (QED) is 0.885. The van der Waals surface area contributed by atoms with Crippen molar-refractivity contribution in [3.63, 3.8) is 0 Å². The predicted molar refractivity (Wildman–Crippen MR) is 71.4 cm³/mol. The van der Waals surface area contributed by atoms with Gasteiger partial charge < -0.3 is 0 Å². The standard InChI is InChI=1S/C14H12N4O/c19-14-6-5-13(17-18-14)11-3-1-10(2-4-11)12-7-15-9-16-8-12/h1-4,7-9H,5-6H2,(H,18,19). The largest absolute Gasteiger partial charge is 0.273 e. The summed E-state index contributed by atoms with van der Waals surface area (Å²) in [5.41, 5.74) is 6.49. The van der Waals surface area contributed by atoms with Gasteiger partial charge in [-0.1, -0.05) is 24.3 Å². The average Bonchev–Trinajstić information content (AvgIpc) is 2.49. The van der Waals surface area contributed by atoms with Gasteiger partial charge in [-0.25, -0.2) is 15.4 Å². The van der Waals surface area contributed by atoms with E-state index in [0.717, 1.165) is 22.4 Å². The highest BCUT2D eigenvalue weighted by Gasteiger charge is 2.13. The summed E-state index contributed by atoms with van der Waals surface area (Å²) in [5.74, 6) is -0.0261. The van der Waals surface area contributed by atoms with E-state index in [1.165, 1.54) is 6.33 Å². The van der Waals surface area contributed by atoms with Gasteiger partial charge in [-0.15, -0.1) is 0 Å². The van der Waals surface area contributed by atoms with Gasteiger partial charge in [-0.05, 0) is 11.1 Å². The molecule has 0 saturated carbocycles. The molecule has 0 unspecified atom stereocenters. The summed E-state index contributed by atoms with van der Waals surface area (Å²) in [5, 5.41) is 4.08. The Morgan fingerprint density at radius 3 is 2.21 bits per heavy atom. The van der Waals surface area contributed by atoms with Crippen LogP contribution in [0.1, 0.15) is 18.4 Å². The van der Waals surface area contributed by atoms with Gasteiger partial charge in [-0.3, -0.25) is 4.79 Å². The van der Waals surface area contributed by atoms with Gasteiger partial charge in [0.25, 0.3) is 0 Å². The zero-order valence-electron chi connectivity index (χ0n) is 10.2. The molecule has 1 aromatic heterocycles. The molecular weight excluding hydrogens is 240 g/mol. The molecule has 1 amide bonds. The zero-order valence-corrected chi connectivity index (χ0v) is 10.2. The number of nitrogens with one attached hydrogen (secondary N) is 1. The summed E-state index contributed by atoms with van der Waals surface area (Å²) < 4.78 is 0. The maximum atomic E-state index is 11.0. The second kappa shape index (κ2) is 4.97. The lowest BCUT2D eigenvalue weighted by molar-refractivity contribution is -0.121. The predicted octanol–water partition coefficient (Wildman–Crippen LogP) is 1.76. The van der Waals surface area contributed by atoms with E-state index in [1.54, 1.807) is 12.4 Å². The van der Waals surface area contributed by atoms with Gasteiger partial charge in [0.1, 0.15) is 6.33 Å². The van der Waals surface area contributed by atoms with Crippen LogP contribution in [0.25, 0.3) is 11.1 Å². The molecule has 2 aromatic rings. The maximum absolute atomic E-state index is 11.0. The number of carbonyl (C=O) groups is 1. The molecule has 5 heteroatoms. The number of aromatic nitrogens is 2. The highest BCUT2D eigenvalue weighted by atomic mass is 16.2. The first kappa shape index (κ1) is 11.5. The van der Waals surface area contributed by atoms with Crippen molar-refractivity contribution in [2.45, 2.75) is 12.8 Å². The molecular formula is C14H12N4O. The summed E-state index contributed by atoms with van der Waals surface area (Å²) in [6.07, 6.45) is 6.24. The smallest absolute Gasteiger partial charge is 0.240 e. The Kier molecular flexibility index (Phi) is 3.02. The van der Waals surface area contributed by atoms with Gasteiger partial charge >= 0.3 is 0 Å². The number of benzene rings is 1. The SMILES string of the molecule is O=C1CCC(c2ccc(-c3cncnc3)cc2)=NN1. The van der Waals surface area contributed by atoms with Crippen molar-refractivity contribution in [2.24, 2.45) is 5.10 Å². The van der Waals surface area contributed by atoms with Crippen molar-refractivity contribution in [3.05, 3.63) is 48.5 Å². The van der Waals surface area contributed by atoms with E-state index in [-0.39, 0.29) is 5.91 Å². The van der Waals surface area contributed by atoms with E-state index >= 15 is 0 Å². The van der Waals surface area contributed by atoms with Gasteiger partial charge in [0.15, 0.2) is 0 Å². The molecule has 94 valence electrons. The molecule has 0 atom stereocenters. The summed E-state index contributed by atoms with van der Waals surface area (Å²) in [4.78, 5) is 19.0. The van der Waals surface area contributed by atoms with Crippen LogP contribution >= 0.6 is 0 Å². The van der Waals surface area contributed by atoms with Crippen molar-refractivity contribution in [2.75, 3.05) is 0 Å². The fourth-order valence-corrected chi connectivity index (χ4v) is 1.99. The number of hydrazone groups is 1. The molecule has 3 rings (SSSR count). The lowest BCUT2D eigenvalue weighted by Crippen LogP contribution is -2.25. The molecule has 1 aromatic carbocycles. The molecule has 5 nitrogen and oxygen atoms in total. The minimum atomic E-state index is -0.0261. The number of nitrogens with zero attached hydrogens (tertiary/aromatic N) is 3. The van der Waals surface area contributed by atoms with Crippen LogP contribution in [0.2, 0.25) is 0 Å². The van der Waals surface area contributed by atoms with Gasteiger partial charge in [0, 0.05) is 30.8 Å². The van der Waals surface area contributed by atoms with Crippen molar-refractivity contribution in [3.8, 4) is 11.1 Å². The van der Waals surface area contributed by atoms with Crippen molar-refractivity contribution in [1.82, 2.24) is 15.4 Å². The van der Waals surface area contributed by atoms with Crippen molar-refractivity contribution in [1.29, 1.82) is 0 Å². The molecule has 2 heterocycles. The molecule has 0 bridgehead atoms. The Hall–Kier alpha value is -2.56. The van der Waals surface area contributed by atoms with Crippen LogP contribution < -0.4 is 5.43 Å².